The lowest BCUT2D eigenvalue weighted by Gasteiger charge is -2.30. The van der Waals surface area contributed by atoms with Crippen LogP contribution < -0.4 is 5.32 Å². The zero-order valence-corrected chi connectivity index (χ0v) is 16.2. The van der Waals surface area contributed by atoms with Crippen LogP contribution in [0.5, 0.6) is 5.75 Å². The van der Waals surface area contributed by atoms with Gasteiger partial charge in [0, 0.05) is 36.8 Å². The number of aromatic nitrogens is 3. The predicted molar refractivity (Wildman–Crippen MR) is 105 cm³/mol. The Hall–Kier alpha value is -2.81. The molecule has 154 valence electrons. The number of rotatable bonds is 3. The van der Waals surface area contributed by atoms with Crippen molar-refractivity contribution in [2.45, 2.75) is 25.1 Å². The Morgan fingerprint density at radius 1 is 1.17 bits per heavy atom. The molecule has 3 aromatic rings. The normalized spacial score (nSPS) is 18.3. The van der Waals surface area contributed by atoms with E-state index in [0.717, 1.165) is 43.5 Å². The number of nitrogens with one attached hydrogen (secondary N) is 1. The first-order valence-corrected chi connectivity index (χ1v) is 9.41. The number of piperidine rings is 1. The molecule has 0 amide bonds. The number of phenolic OH excluding ortho intramolecular Hbond substituents is 1. The van der Waals surface area contributed by atoms with Crippen LogP contribution in [-0.2, 0) is 13.2 Å². The topological polar surface area (TPSA) is 66.2 Å². The number of fused-ring (bicyclic) bond motifs is 1. The van der Waals surface area contributed by atoms with Gasteiger partial charge in [-0.3, -0.25) is 0 Å². The van der Waals surface area contributed by atoms with Crippen LogP contribution in [0.3, 0.4) is 0 Å². The summed E-state index contributed by atoms with van der Waals surface area (Å²) in [4.78, 5) is 2.26. The second-order valence-electron chi connectivity index (χ2n) is 7.56. The lowest BCUT2D eigenvalue weighted by Crippen LogP contribution is -2.40. The van der Waals surface area contributed by atoms with Crippen LogP contribution >= 0.6 is 0 Å². The molecule has 0 unspecified atom stereocenters. The van der Waals surface area contributed by atoms with Gasteiger partial charge >= 0.3 is 6.18 Å². The molecule has 1 fully saturated rings. The highest BCUT2D eigenvalue weighted by atomic mass is 19.4. The fourth-order valence-corrected chi connectivity index (χ4v) is 3.89. The zero-order chi connectivity index (χ0) is 20.8. The maximum absolute atomic E-state index is 12.9. The minimum atomic E-state index is -4.52. The van der Waals surface area contributed by atoms with Gasteiger partial charge in [0.05, 0.1) is 11.1 Å². The third kappa shape index (κ3) is 3.74. The Bertz CT molecular complexity index is 1050. The molecule has 2 aromatic heterocycles. The average Bonchev–Trinajstić information content (AvgIpc) is 3.04. The molecule has 4 rings (SSSR count). The lowest BCUT2D eigenvalue weighted by molar-refractivity contribution is -0.137. The summed E-state index contributed by atoms with van der Waals surface area (Å²) in [5.41, 5.74) is 0.336. The highest BCUT2D eigenvalue weighted by molar-refractivity contribution is 5.99. The van der Waals surface area contributed by atoms with Crippen LogP contribution in [0.25, 0.3) is 22.2 Å². The first-order chi connectivity index (χ1) is 13.7. The Kier molecular flexibility index (Phi) is 4.85. The molecular weight excluding hydrogens is 383 g/mol. The third-order valence-corrected chi connectivity index (χ3v) is 5.35. The SMILES string of the molecule is CN1CCC[C@@H](Nc2nnc(-c3ccc(C(F)(F)F)cc3O)c3c2ccn3C)C1. The molecule has 1 atom stereocenters. The van der Waals surface area contributed by atoms with Gasteiger partial charge in [-0.05, 0) is 50.7 Å². The van der Waals surface area contributed by atoms with Gasteiger partial charge in [0.25, 0.3) is 0 Å². The van der Waals surface area contributed by atoms with Crippen molar-refractivity contribution < 1.29 is 18.3 Å². The van der Waals surface area contributed by atoms with Crippen molar-refractivity contribution in [1.29, 1.82) is 0 Å². The summed E-state index contributed by atoms with van der Waals surface area (Å²) in [5.74, 6) is 0.155. The molecule has 29 heavy (non-hydrogen) atoms. The van der Waals surface area contributed by atoms with Crippen molar-refractivity contribution in [3.8, 4) is 17.0 Å². The smallest absolute Gasteiger partial charge is 0.416 e. The van der Waals surface area contributed by atoms with E-state index in [9.17, 15) is 18.3 Å². The van der Waals surface area contributed by atoms with E-state index in [1.165, 1.54) is 6.07 Å². The van der Waals surface area contributed by atoms with Gasteiger partial charge in [-0.15, -0.1) is 10.2 Å². The number of hydrogen-bond donors (Lipinski definition) is 2. The number of likely N-dealkylation sites (tertiary alicyclic amines) is 1. The van der Waals surface area contributed by atoms with Crippen LogP contribution in [0.4, 0.5) is 19.0 Å². The largest absolute Gasteiger partial charge is 0.507 e. The van der Waals surface area contributed by atoms with E-state index in [0.29, 0.717) is 17.0 Å². The number of phenols is 1. The summed E-state index contributed by atoms with van der Waals surface area (Å²) < 4.78 is 40.6. The van der Waals surface area contributed by atoms with Gasteiger partial charge in [-0.2, -0.15) is 13.2 Å². The van der Waals surface area contributed by atoms with Gasteiger partial charge in [0.1, 0.15) is 11.4 Å². The van der Waals surface area contributed by atoms with Gasteiger partial charge in [-0.25, -0.2) is 0 Å². The lowest BCUT2D eigenvalue weighted by atomic mass is 10.0. The average molecular weight is 405 g/mol. The Labute approximate surface area is 166 Å². The molecule has 0 radical (unpaired) electrons. The second kappa shape index (κ2) is 7.22. The first kappa shape index (κ1) is 19.5. The molecule has 1 aliphatic heterocycles. The van der Waals surface area contributed by atoms with Crippen LogP contribution in [-0.4, -0.2) is 50.9 Å². The highest BCUT2D eigenvalue weighted by Crippen LogP contribution is 2.39. The predicted octanol–water partition coefficient (Wildman–Crippen LogP) is 3.87. The molecule has 0 saturated carbocycles. The van der Waals surface area contributed by atoms with Gasteiger partial charge in [-0.1, -0.05) is 0 Å². The molecule has 6 nitrogen and oxygen atoms in total. The number of nitrogens with zero attached hydrogens (tertiary/aromatic N) is 4. The first-order valence-electron chi connectivity index (χ1n) is 9.41. The molecule has 1 aromatic carbocycles. The van der Waals surface area contributed by atoms with Crippen molar-refractivity contribution in [3.63, 3.8) is 0 Å². The van der Waals surface area contributed by atoms with Crippen molar-refractivity contribution >= 4 is 16.7 Å². The van der Waals surface area contributed by atoms with E-state index in [-0.39, 0.29) is 11.6 Å². The van der Waals surface area contributed by atoms with Crippen LogP contribution in [0, 0.1) is 0 Å². The number of benzene rings is 1. The number of halogens is 3. The summed E-state index contributed by atoms with van der Waals surface area (Å²) in [6.45, 7) is 1.97. The maximum Gasteiger partial charge on any atom is 0.416 e. The van der Waals surface area contributed by atoms with Crippen molar-refractivity contribution in [1.82, 2.24) is 19.7 Å². The quantitative estimate of drug-likeness (QED) is 0.693. The second-order valence-corrected chi connectivity index (χ2v) is 7.56. The van der Waals surface area contributed by atoms with Crippen molar-refractivity contribution in [2.24, 2.45) is 7.05 Å². The monoisotopic (exact) mass is 405 g/mol. The Morgan fingerprint density at radius 2 is 1.97 bits per heavy atom. The van der Waals surface area contributed by atoms with Gasteiger partial charge in [0.2, 0.25) is 0 Å². The fourth-order valence-electron chi connectivity index (χ4n) is 3.89. The molecule has 0 aliphatic carbocycles. The zero-order valence-electron chi connectivity index (χ0n) is 16.2. The summed E-state index contributed by atoms with van der Waals surface area (Å²) >= 11 is 0. The highest BCUT2D eigenvalue weighted by Gasteiger charge is 2.31. The van der Waals surface area contributed by atoms with Crippen molar-refractivity contribution in [2.75, 3.05) is 25.5 Å². The number of aryl methyl sites for hydroxylation is 1. The molecule has 1 aliphatic rings. The summed E-state index contributed by atoms with van der Waals surface area (Å²) in [6.07, 6.45) is -0.557. The molecule has 1 saturated heterocycles. The third-order valence-electron chi connectivity index (χ3n) is 5.35. The van der Waals surface area contributed by atoms with E-state index < -0.39 is 17.5 Å². The number of hydrogen-bond acceptors (Lipinski definition) is 5. The van der Waals surface area contributed by atoms with E-state index in [1.54, 1.807) is 0 Å². The maximum atomic E-state index is 12.9. The number of anilines is 1. The van der Waals surface area contributed by atoms with Gasteiger partial charge < -0.3 is 19.9 Å². The Morgan fingerprint density at radius 3 is 2.66 bits per heavy atom. The van der Waals surface area contributed by atoms with Gasteiger partial charge in [0.15, 0.2) is 5.82 Å². The van der Waals surface area contributed by atoms with Crippen LogP contribution in [0.2, 0.25) is 0 Å². The van der Waals surface area contributed by atoms with Crippen LogP contribution in [0.15, 0.2) is 30.5 Å². The molecule has 2 N–H and O–H groups in total. The fraction of sp³-hybridized carbons (Fsp3) is 0.400. The van der Waals surface area contributed by atoms with Crippen LogP contribution in [0.1, 0.15) is 18.4 Å². The molecule has 3 heterocycles. The molecule has 9 heteroatoms. The summed E-state index contributed by atoms with van der Waals surface area (Å²) in [7, 11) is 3.90. The molecule has 0 spiro atoms. The van der Waals surface area contributed by atoms with E-state index >= 15 is 0 Å². The molecule has 0 bridgehead atoms. The number of aromatic hydroxyl groups is 1. The Balaban J connectivity index is 1.75. The van der Waals surface area contributed by atoms with E-state index in [1.807, 2.05) is 23.9 Å². The van der Waals surface area contributed by atoms with E-state index in [2.05, 4.69) is 27.5 Å². The number of likely N-dealkylation sites (N-methyl/N-ethyl adjacent to an activating group) is 1. The standard InChI is InChI=1S/C20H22F3N5O/c1-27-8-3-4-13(11-27)24-19-15-7-9-28(2)18(15)17(25-26-19)14-6-5-12(10-16(14)29)20(21,22)23/h5-7,9-10,13,29H,3-4,8,11H2,1-2H3,(H,24,26)/t13-/m1/s1. The van der Waals surface area contributed by atoms with Crippen molar-refractivity contribution in [3.05, 3.63) is 36.0 Å². The van der Waals surface area contributed by atoms with E-state index in [4.69, 9.17) is 0 Å². The minimum Gasteiger partial charge on any atom is -0.507 e. The summed E-state index contributed by atoms with van der Waals surface area (Å²) in [5, 5.41) is 23.1. The minimum absolute atomic E-state index is 0.209. The molecular formula is C20H22F3N5O. The number of alkyl halides is 3. The summed E-state index contributed by atoms with van der Waals surface area (Å²) in [6, 6.07) is 5.03.